The van der Waals surface area contributed by atoms with Crippen molar-refractivity contribution in [3.63, 3.8) is 0 Å². The number of hydrogen-bond acceptors (Lipinski definition) is 3. The summed E-state index contributed by atoms with van der Waals surface area (Å²) in [4.78, 5) is 10.6. The highest BCUT2D eigenvalue weighted by Crippen LogP contribution is 2.36. The molecule has 5 heteroatoms. The van der Waals surface area contributed by atoms with Crippen molar-refractivity contribution in [2.45, 2.75) is 31.8 Å². The zero-order chi connectivity index (χ0) is 14.5. The minimum atomic E-state index is -0.984. The van der Waals surface area contributed by atoms with Gasteiger partial charge in [0.15, 0.2) is 11.5 Å². The van der Waals surface area contributed by atoms with E-state index in [4.69, 9.17) is 14.6 Å². The second-order valence-electron chi connectivity index (χ2n) is 4.72. The van der Waals surface area contributed by atoms with Crippen molar-refractivity contribution in [3.05, 3.63) is 28.2 Å². The molecule has 1 aliphatic rings. The Bertz CT molecular complexity index is 519. The normalized spacial score (nSPS) is 15.7. The molecule has 4 nitrogen and oxygen atoms in total. The predicted octanol–water partition coefficient (Wildman–Crippen LogP) is 3.88. The van der Waals surface area contributed by atoms with Crippen LogP contribution in [0.4, 0.5) is 0 Å². The highest BCUT2D eigenvalue weighted by molar-refractivity contribution is 9.10. The molecule has 0 heterocycles. The Morgan fingerprint density at radius 3 is 2.65 bits per heavy atom. The van der Waals surface area contributed by atoms with Crippen LogP contribution in [0.1, 0.15) is 31.2 Å². The number of halogens is 1. The van der Waals surface area contributed by atoms with Gasteiger partial charge in [-0.3, -0.25) is 0 Å². The van der Waals surface area contributed by atoms with E-state index in [1.807, 2.05) is 6.07 Å². The standard InChI is InChI=1S/C15H17BrO4/c1-19-13-8-10(6-7-15(17)18)12(16)9-14(13)20-11-4-2-3-5-11/h6-9,11H,2-5H2,1H3,(H,17,18)/b7-6+. The highest BCUT2D eigenvalue weighted by Gasteiger charge is 2.19. The Morgan fingerprint density at radius 2 is 2.05 bits per heavy atom. The van der Waals surface area contributed by atoms with Gasteiger partial charge in [0, 0.05) is 10.5 Å². The van der Waals surface area contributed by atoms with Crippen molar-refractivity contribution in [1.29, 1.82) is 0 Å². The smallest absolute Gasteiger partial charge is 0.328 e. The Labute approximate surface area is 126 Å². The van der Waals surface area contributed by atoms with Gasteiger partial charge in [-0.25, -0.2) is 4.79 Å². The summed E-state index contributed by atoms with van der Waals surface area (Å²) < 4.78 is 12.1. The molecule has 20 heavy (non-hydrogen) atoms. The first kappa shape index (κ1) is 14.9. The Morgan fingerprint density at radius 1 is 1.35 bits per heavy atom. The second kappa shape index (κ2) is 6.79. The molecule has 0 radical (unpaired) electrons. The molecule has 0 atom stereocenters. The van der Waals surface area contributed by atoms with Gasteiger partial charge in [0.1, 0.15) is 0 Å². The van der Waals surface area contributed by atoms with Gasteiger partial charge in [-0.1, -0.05) is 15.9 Å². The van der Waals surface area contributed by atoms with Gasteiger partial charge < -0.3 is 14.6 Å². The molecule has 0 amide bonds. The predicted molar refractivity (Wildman–Crippen MR) is 80.2 cm³/mol. The zero-order valence-corrected chi connectivity index (χ0v) is 12.9. The first-order valence-electron chi connectivity index (χ1n) is 6.55. The van der Waals surface area contributed by atoms with E-state index in [1.165, 1.54) is 18.9 Å². The van der Waals surface area contributed by atoms with Gasteiger partial charge in [-0.15, -0.1) is 0 Å². The third-order valence-electron chi connectivity index (χ3n) is 3.28. The lowest BCUT2D eigenvalue weighted by Crippen LogP contribution is -2.11. The zero-order valence-electron chi connectivity index (χ0n) is 11.3. The van der Waals surface area contributed by atoms with E-state index in [1.54, 1.807) is 13.2 Å². The lowest BCUT2D eigenvalue weighted by atomic mass is 10.2. The van der Waals surface area contributed by atoms with Crippen LogP contribution < -0.4 is 9.47 Å². The number of ether oxygens (including phenoxy) is 2. The molecular weight excluding hydrogens is 324 g/mol. The number of aliphatic carboxylic acids is 1. The molecule has 0 spiro atoms. The van der Waals surface area contributed by atoms with Crippen LogP contribution in [0.25, 0.3) is 6.08 Å². The van der Waals surface area contributed by atoms with Gasteiger partial charge in [-0.2, -0.15) is 0 Å². The molecule has 1 aromatic carbocycles. The van der Waals surface area contributed by atoms with Crippen molar-refractivity contribution in [2.75, 3.05) is 7.11 Å². The topological polar surface area (TPSA) is 55.8 Å². The molecule has 1 N–H and O–H groups in total. The second-order valence-corrected chi connectivity index (χ2v) is 5.57. The van der Waals surface area contributed by atoms with Gasteiger partial charge in [-0.05, 0) is 49.5 Å². The fraction of sp³-hybridized carbons (Fsp3) is 0.400. The summed E-state index contributed by atoms with van der Waals surface area (Å²) in [5.41, 5.74) is 0.739. The molecule has 1 fully saturated rings. The first-order valence-corrected chi connectivity index (χ1v) is 7.34. The van der Waals surface area contributed by atoms with E-state index in [2.05, 4.69) is 15.9 Å². The van der Waals surface area contributed by atoms with Crippen molar-refractivity contribution >= 4 is 28.0 Å². The molecule has 0 aromatic heterocycles. The van der Waals surface area contributed by atoms with Crippen molar-refractivity contribution in [2.24, 2.45) is 0 Å². The molecule has 0 bridgehead atoms. The summed E-state index contributed by atoms with van der Waals surface area (Å²) in [6.07, 6.45) is 7.41. The maximum atomic E-state index is 10.6. The average molecular weight is 341 g/mol. The lowest BCUT2D eigenvalue weighted by Gasteiger charge is -2.17. The Balaban J connectivity index is 2.24. The summed E-state index contributed by atoms with van der Waals surface area (Å²) in [5.74, 6) is 0.325. The van der Waals surface area contributed by atoms with Crippen molar-refractivity contribution < 1.29 is 19.4 Å². The van der Waals surface area contributed by atoms with Crippen LogP contribution >= 0.6 is 15.9 Å². The number of carboxylic acids is 1. The minimum Gasteiger partial charge on any atom is -0.493 e. The van der Waals surface area contributed by atoms with Crippen LogP contribution in [0.15, 0.2) is 22.7 Å². The number of rotatable bonds is 5. The molecule has 2 rings (SSSR count). The molecular formula is C15H17BrO4. The fourth-order valence-corrected chi connectivity index (χ4v) is 2.73. The van der Waals surface area contributed by atoms with E-state index in [9.17, 15) is 4.79 Å². The van der Waals surface area contributed by atoms with Crippen LogP contribution in [0.5, 0.6) is 11.5 Å². The largest absolute Gasteiger partial charge is 0.493 e. The summed E-state index contributed by atoms with van der Waals surface area (Å²) in [6.45, 7) is 0. The van der Waals surface area contributed by atoms with Crippen molar-refractivity contribution in [1.82, 2.24) is 0 Å². The molecule has 108 valence electrons. The van der Waals surface area contributed by atoms with Crippen LogP contribution in [-0.4, -0.2) is 24.3 Å². The number of carbonyl (C=O) groups is 1. The number of methoxy groups -OCH3 is 1. The van der Waals surface area contributed by atoms with Gasteiger partial charge in [0.2, 0.25) is 0 Å². The SMILES string of the molecule is COc1cc(/C=C/C(=O)O)c(Br)cc1OC1CCCC1. The average Bonchev–Trinajstić information content (AvgIpc) is 2.90. The number of benzene rings is 1. The van der Waals surface area contributed by atoms with Crippen LogP contribution in [-0.2, 0) is 4.79 Å². The molecule has 0 unspecified atom stereocenters. The van der Waals surface area contributed by atoms with Gasteiger partial charge in [0.05, 0.1) is 13.2 Å². The quantitative estimate of drug-likeness (QED) is 0.826. The van der Waals surface area contributed by atoms with E-state index in [-0.39, 0.29) is 6.10 Å². The fourth-order valence-electron chi connectivity index (χ4n) is 2.28. The molecule has 1 saturated carbocycles. The van der Waals surface area contributed by atoms with E-state index in [0.29, 0.717) is 11.5 Å². The van der Waals surface area contributed by atoms with Gasteiger partial charge >= 0.3 is 5.97 Å². The first-order chi connectivity index (χ1) is 9.60. The lowest BCUT2D eigenvalue weighted by molar-refractivity contribution is -0.131. The Hall–Kier alpha value is -1.49. The van der Waals surface area contributed by atoms with Crippen molar-refractivity contribution in [3.8, 4) is 11.5 Å². The van der Waals surface area contributed by atoms with Crippen LogP contribution in [0.3, 0.4) is 0 Å². The molecule has 0 saturated heterocycles. The van der Waals surface area contributed by atoms with E-state index in [0.717, 1.165) is 29.0 Å². The van der Waals surface area contributed by atoms with E-state index >= 15 is 0 Å². The minimum absolute atomic E-state index is 0.246. The summed E-state index contributed by atoms with van der Waals surface area (Å²) in [6, 6.07) is 3.60. The maximum Gasteiger partial charge on any atom is 0.328 e. The molecule has 0 aliphatic heterocycles. The summed E-state index contributed by atoms with van der Waals surface area (Å²) >= 11 is 3.43. The molecule has 1 aliphatic carbocycles. The Kier molecular flexibility index (Phi) is 5.06. The number of hydrogen-bond donors (Lipinski definition) is 1. The highest BCUT2D eigenvalue weighted by atomic mass is 79.9. The number of carboxylic acid groups (broad SMARTS) is 1. The van der Waals surface area contributed by atoms with Crippen LogP contribution in [0, 0.1) is 0 Å². The van der Waals surface area contributed by atoms with Crippen LogP contribution in [0.2, 0.25) is 0 Å². The monoisotopic (exact) mass is 340 g/mol. The third-order valence-corrected chi connectivity index (χ3v) is 3.97. The summed E-state index contributed by atoms with van der Waals surface area (Å²) in [5, 5.41) is 8.68. The molecule has 1 aromatic rings. The maximum absolute atomic E-state index is 10.6. The summed E-state index contributed by atoms with van der Waals surface area (Å²) in [7, 11) is 1.58. The third kappa shape index (κ3) is 3.76. The van der Waals surface area contributed by atoms with E-state index < -0.39 is 5.97 Å². The van der Waals surface area contributed by atoms with Gasteiger partial charge in [0.25, 0.3) is 0 Å².